The topological polar surface area (TPSA) is 47.1 Å². The molecule has 0 saturated heterocycles. The van der Waals surface area contributed by atoms with Crippen molar-refractivity contribution in [3.8, 4) is 0 Å². The van der Waals surface area contributed by atoms with Crippen molar-refractivity contribution in [1.82, 2.24) is 14.5 Å². The van der Waals surface area contributed by atoms with Crippen LogP contribution in [0.3, 0.4) is 0 Å². The van der Waals surface area contributed by atoms with Gasteiger partial charge in [0.25, 0.3) is 0 Å². The summed E-state index contributed by atoms with van der Waals surface area (Å²) < 4.78 is 2.35. The summed E-state index contributed by atoms with van der Waals surface area (Å²) in [7, 11) is 0. The molecule has 0 radical (unpaired) electrons. The van der Waals surface area contributed by atoms with Crippen molar-refractivity contribution in [3.05, 3.63) is 18.2 Å². The molecule has 1 unspecified atom stereocenters. The fourth-order valence-electron chi connectivity index (χ4n) is 3.04. The highest BCUT2D eigenvalue weighted by atomic mass is 15.2. The Balaban J connectivity index is 2.13. The molecular formula is C16H30N4. The van der Waals surface area contributed by atoms with Crippen LogP contribution in [0.1, 0.15) is 64.2 Å². The van der Waals surface area contributed by atoms with E-state index in [0.717, 1.165) is 19.0 Å². The smallest absolute Gasteiger partial charge is 0.0951 e. The molecule has 2 rings (SSSR count). The van der Waals surface area contributed by atoms with Gasteiger partial charge in [0.05, 0.1) is 18.1 Å². The van der Waals surface area contributed by atoms with E-state index in [4.69, 9.17) is 5.73 Å². The molecule has 1 aliphatic carbocycles. The summed E-state index contributed by atoms with van der Waals surface area (Å²) in [5.41, 5.74) is 7.41. The van der Waals surface area contributed by atoms with Crippen LogP contribution in [0, 0.1) is 5.92 Å². The highest BCUT2D eigenvalue weighted by Gasteiger charge is 2.29. The number of nitrogens with two attached hydrogens (primary N) is 1. The third-order valence-corrected chi connectivity index (χ3v) is 4.70. The van der Waals surface area contributed by atoms with E-state index in [-0.39, 0.29) is 0 Å². The van der Waals surface area contributed by atoms with Crippen LogP contribution in [0.25, 0.3) is 0 Å². The minimum absolute atomic E-state index is 0.309. The van der Waals surface area contributed by atoms with Crippen LogP contribution < -0.4 is 5.73 Å². The zero-order valence-electron chi connectivity index (χ0n) is 13.3. The van der Waals surface area contributed by atoms with Crippen molar-refractivity contribution in [2.45, 2.75) is 58.5 Å². The first kappa shape index (κ1) is 15.5. The van der Waals surface area contributed by atoms with E-state index < -0.39 is 0 Å². The van der Waals surface area contributed by atoms with Gasteiger partial charge in [-0.05, 0) is 25.3 Å². The van der Waals surface area contributed by atoms with Gasteiger partial charge in [-0.3, -0.25) is 4.90 Å². The van der Waals surface area contributed by atoms with Gasteiger partial charge in [0.2, 0.25) is 0 Å². The van der Waals surface area contributed by atoms with E-state index in [0.29, 0.717) is 18.6 Å². The zero-order chi connectivity index (χ0) is 14.5. The van der Waals surface area contributed by atoms with Gasteiger partial charge in [0.1, 0.15) is 0 Å². The number of nitrogens with zero attached hydrogens (tertiary/aromatic N) is 3. The molecule has 2 N–H and O–H groups in total. The van der Waals surface area contributed by atoms with Gasteiger partial charge in [-0.15, -0.1) is 0 Å². The molecule has 0 spiro atoms. The van der Waals surface area contributed by atoms with Crippen LogP contribution in [-0.4, -0.2) is 34.1 Å². The van der Waals surface area contributed by atoms with Gasteiger partial charge in [-0.1, -0.05) is 33.6 Å². The van der Waals surface area contributed by atoms with E-state index in [1.165, 1.54) is 31.4 Å². The van der Waals surface area contributed by atoms with Crippen LogP contribution in [0.2, 0.25) is 0 Å². The molecular weight excluding hydrogens is 248 g/mol. The van der Waals surface area contributed by atoms with Crippen molar-refractivity contribution >= 4 is 0 Å². The summed E-state index contributed by atoms with van der Waals surface area (Å²) in [5, 5.41) is 0. The second kappa shape index (κ2) is 7.23. The van der Waals surface area contributed by atoms with Gasteiger partial charge in [-0.25, -0.2) is 4.98 Å². The normalized spacial score (nSPS) is 17.1. The number of rotatable bonds is 9. The molecule has 0 bridgehead atoms. The lowest BCUT2D eigenvalue weighted by Gasteiger charge is -2.33. The summed E-state index contributed by atoms with van der Waals surface area (Å²) in [6.45, 7) is 9.67. The Kier molecular flexibility index (Phi) is 5.61. The molecule has 20 heavy (non-hydrogen) atoms. The number of hydrogen-bond acceptors (Lipinski definition) is 3. The summed E-state index contributed by atoms with van der Waals surface area (Å²) in [6, 6.07) is 0.983. The van der Waals surface area contributed by atoms with E-state index >= 15 is 0 Å². The first-order valence-electron chi connectivity index (χ1n) is 8.20. The molecule has 0 aliphatic heterocycles. The van der Waals surface area contributed by atoms with Crippen molar-refractivity contribution in [2.24, 2.45) is 11.7 Å². The maximum absolute atomic E-state index is 6.11. The Morgan fingerprint density at radius 1 is 1.35 bits per heavy atom. The van der Waals surface area contributed by atoms with Gasteiger partial charge in [0.15, 0.2) is 0 Å². The molecule has 1 saturated carbocycles. The van der Waals surface area contributed by atoms with Crippen molar-refractivity contribution in [3.63, 3.8) is 0 Å². The second-order valence-electron chi connectivity index (χ2n) is 5.98. The fraction of sp³-hybridized carbons (Fsp3) is 0.812. The highest BCUT2D eigenvalue weighted by Crippen LogP contribution is 2.37. The summed E-state index contributed by atoms with van der Waals surface area (Å²) in [4.78, 5) is 6.90. The van der Waals surface area contributed by atoms with Gasteiger partial charge >= 0.3 is 0 Å². The van der Waals surface area contributed by atoms with Crippen LogP contribution in [0.5, 0.6) is 0 Å². The van der Waals surface area contributed by atoms with E-state index in [1.807, 2.05) is 12.5 Å². The third-order valence-electron chi connectivity index (χ3n) is 4.70. The quantitative estimate of drug-likeness (QED) is 0.755. The summed E-state index contributed by atoms with van der Waals surface area (Å²) in [5.74, 6) is 0.765. The molecule has 4 nitrogen and oxygen atoms in total. The van der Waals surface area contributed by atoms with Crippen molar-refractivity contribution in [2.75, 3.05) is 19.6 Å². The van der Waals surface area contributed by atoms with E-state index in [9.17, 15) is 0 Å². The molecule has 1 fully saturated rings. The molecule has 1 aromatic rings. The lowest BCUT2D eigenvalue weighted by molar-refractivity contribution is 0.168. The molecule has 1 atom stereocenters. The SMILES string of the molecule is CCC(CC)CN(CC)C(CN)c1cncn1C1CC1. The maximum atomic E-state index is 6.11. The van der Waals surface area contributed by atoms with Crippen LogP contribution in [-0.2, 0) is 0 Å². The Morgan fingerprint density at radius 3 is 2.55 bits per heavy atom. The Labute approximate surface area is 123 Å². The number of hydrogen-bond donors (Lipinski definition) is 1. The van der Waals surface area contributed by atoms with Gasteiger partial charge in [0, 0.05) is 25.3 Å². The monoisotopic (exact) mass is 278 g/mol. The molecule has 0 aromatic carbocycles. The average molecular weight is 278 g/mol. The van der Waals surface area contributed by atoms with Crippen LogP contribution in [0.4, 0.5) is 0 Å². The van der Waals surface area contributed by atoms with Crippen LogP contribution >= 0.6 is 0 Å². The lowest BCUT2D eigenvalue weighted by Crippen LogP contribution is -2.38. The minimum atomic E-state index is 0.309. The lowest BCUT2D eigenvalue weighted by atomic mass is 10.0. The zero-order valence-corrected chi connectivity index (χ0v) is 13.3. The van der Waals surface area contributed by atoms with E-state index in [1.54, 1.807) is 0 Å². The maximum Gasteiger partial charge on any atom is 0.0951 e. The molecule has 1 aromatic heterocycles. The molecule has 1 aliphatic rings. The Hall–Kier alpha value is -0.870. The summed E-state index contributed by atoms with van der Waals surface area (Å²) >= 11 is 0. The molecule has 114 valence electrons. The summed E-state index contributed by atoms with van der Waals surface area (Å²) in [6.07, 6.45) is 9.07. The Morgan fingerprint density at radius 2 is 2.05 bits per heavy atom. The van der Waals surface area contributed by atoms with Gasteiger partial charge in [-0.2, -0.15) is 0 Å². The predicted molar refractivity (Wildman–Crippen MR) is 83.6 cm³/mol. The van der Waals surface area contributed by atoms with Gasteiger partial charge < -0.3 is 10.3 Å². The predicted octanol–water partition coefficient (Wildman–Crippen LogP) is 2.98. The first-order chi connectivity index (χ1) is 9.74. The largest absolute Gasteiger partial charge is 0.330 e. The molecule has 4 heteroatoms. The minimum Gasteiger partial charge on any atom is -0.330 e. The highest BCUT2D eigenvalue weighted by molar-refractivity contribution is 5.10. The number of aromatic nitrogens is 2. The number of likely N-dealkylation sites (N-methyl/N-ethyl adjacent to an activating group) is 1. The third kappa shape index (κ3) is 3.41. The van der Waals surface area contributed by atoms with Crippen LogP contribution in [0.15, 0.2) is 12.5 Å². The molecule has 0 amide bonds. The second-order valence-corrected chi connectivity index (χ2v) is 5.98. The molecule has 1 heterocycles. The fourth-order valence-corrected chi connectivity index (χ4v) is 3.04. The number of imidazole rings is 1. The Bertz CT molecular complexity index is 393. The van der Waals surface area contributed by atoms with Crippen molar-refractivity contribution < 1.29 is 0 Å². The van der Waals surface area contributed by atoms with E-state index in [2.05, 4.69) is 35.2 Å². The van der Waals surface area contributed by atoms with Crippen molar-refractivity contribution in [1.29, 1.82) is 0 Å². The standard InChI is InChI=1S/C16H30N4/c1-4-13(5-2)11-19(6-3)15(9-17)16-10-18-12-20(16)14-7-8-14/h10,12-15H,4-9,11,17H2,1-3H3. The first-order valence-corrected chi connectivity index (χ1v) is 8.20. The average Bonchev–Trinajstić information content (AvgIpc) is 3.22.